The molecule has 0 radical (unpaired) electrons. The monoisotopic (exact) mass is 627 g/mol. The van der Waals surface area contributed by atoms with Crippen molar-refractivity contribution < 1.29 is 4.74 Å². The quantitative estimate of drug-likeness (QED) is 0.180. The van der Waals surface area contributed by atoms with Crippen molar-refractivity contribution in [1.82, 2.24) is 0 Å². The number of hydrogen-bond donors (Lipinski definition) is 0. The summed E-state index contributed by atoms with van der Waals surface area (Å²) in [7, 11) is -2.51. The van der Waals surface area contributed by atoms with Crippen LogP contribution in [0.25, 0.3) is 0 Å². The number of nitrogens with zero attached hydrogens (tertiary/aromatic N) is 1. The third-order valence-electron chi connectivity index (χ3n) is 8.86. The van der Waals surface area contributed by atoms with E-state index in [2.05, 4.69) is 163 Å². The van der Waals surface area contributed by atoms with Crippen LogP contribution in [0.4, 0.5) is 17.1 Å². The van der Waals surface area contributed by atoms with Crippen LogP contribution in [0.3, 0.4) is 0 Å². The van der Waals surface area contributed by atoms with Crippen LogP contribution in [0.5, 0.6) is 11.5 Å². The number of para-hydroxylation sites is 4. The maximum atomic E-state index is 6.28. The summed E-state index contributed by atoms with van der Waals surface area (Å²) in [6.07, 6.45) is 0. The van der Waals surface area contributed by atoms with E-state index in [0.717, 1.165) is 28.6 Å². The summed E-state index contributed by atoms with van der Waals surface area (Å²) >= 11 is 0. The molecule has 0 atom stereocenters. The number of rotatable bonds is 4. The van der Waals surface area contributed by atoms with Crippen LogP contribution in [0.15, 0.2) is 202 Å². The third kappa shape index (κ3) is 4.09. The first-order valence-corrected chi connectivity index (χ1v) is 18.5. The summed E-state index contributed by atoms with van der Waals surface area (Å²) in [4.78, 5) is 7.94. The van der Waals surface area contributed by atoms with Gasteiger partial charge in [-0.3, -0.25) is 0 Å². The van der Waals surface area contributed by atoms with E-state index in [9.17, 15) is 0 Å². The van der Waals surface area contributed by atoms with Gasteiger partial charge in [-0.15, -0.1) is 10.0 Å². The summed E-state index contributed by atoms with van der Waals surface area (Å²) in [6.45, 7) is 0. The van der Waals surface area contributed by atoms with Crippen molar-refractivity contribution in [1.29, 1.82) is 0 Å². The molecule has 0 amide bonds. The van der Waals surface area contributed by atoms with Gasteiger partial charge >= 0.3 is 0 Å². The van der Waals surface area contributed by atoms with Gasteiger partial charge in [0, 0.05) is 25.3 Å². The Morgan fingerprint density at radius 1 is 0.413 bits per heavy atom. The summed E-state index contributed by atoms with van der Waals surface area (Å²) < 4.78 is 6.28. The molecule has 2 aliphatic heterocycles. The lowest BCUT2D eigenvalue weighted by Crippen LogP contribution is -2.32. The van der Waals surface area contributed by atoms with E-state index in [-0.39, 0.29) is 0 Å². The van der Waals surface area contributed by atoms with E-state index in [0.29, 0.717) is 0 Å². The molecule has 0 saturated heterocycles. The van der Waals surface area contributed by atoms with Crippen LogP contribution in [0.1, 0.15) is 0 Å². The first-order chi connectivity index (χ1) is 22.8. The molecule has 0 unspecified atom stereocenters. The summed E-state index contributed by atoms with van der Waals surface area (Å²) in [5.41, 5.74) is 3.22. The molecule has 7 aromatic rings. The first-order valence-electron chi connectivity index (χ1n) is 15.5. The Balaban J connectivity index is 1.23. The molecular weight excluding hydrogens is 598 g/mol. The van der Waals surface area contributed by atoms with Crippen LogP contribution < -0.4 is 25.6 Å². The molecule has 7 aromatic carbocycles. The maximum absolute atomic E-state index is 6.28. The van der Waals surface area contributed by atoms with E-state index >= 15 is 0 Å². The molecule has 0 bridgehead atoms. The van der Waals surface area contributed by atoms with Gasteiger partial charge < -0.3 is 9.64 Å². The lowest BCUT2D eigenvalue weighted by Gasteiger charge is -2.49. The SMILES string of the molecule is c1ccc(S2(c3ccccc3)c3ccccc3P(c3ccc(N4c5ccccc5Oc5ccccc54)cc3)c3ccccc32)cc1. The molecule has 9 rings (SSSR count). The molecule has 2 heterocycles. The first kappa shape index (κ1) is 27.2. The molecule has 0 aromatic heterocycles. The normalized spacial score (nSPS) is 15.0. The van der Waals surface area contributed by atoms with E-state index in [1.165, 1.54) is 35.5 Å². The Hall–Kier alpha value is -5.08. The lowest BCUT2D eigenvalue weighted by molar-refractivity contribution is 0.477. The number of fused-ring (bicyclic) bond motifs is 4. The van der Waals surface area contributed by atoms with Crippen LogP contribution in [-0.4, -0.2) is 0 Å². The fourth-order valence-corrected chi connectivity index (χ4v) is 14.6. The lowest BCUT2D eigenvalue weighted by atomic mass is 10.1. The highest BCUT2D eigenvalue weighted by Gasteiger charge is 2.43. The van der Waals surface area contributed by atoms with Crippen LogP contribution >= 0.6 is 17.9 Å². The number of hydrogen-bond acceptors (Lipinski definition) is 2. The van der Waals surface area contributed by atoms with Gasteiger partial charge in [0.15, 0.2) is 11.5 Å². The van der Waals surface area contributed by atoms with Gasteiger partial charge in [0.25, 0.3) is 0 Å². The van der Waals surface area contributed by atoms with E-state index in [4.69, 9.17) is 4.74 Å². The third-order valence-corrected chi connectivity index (χ3v) is 15.7. The van der Waals surface area contributed by atoms with Crippen molar-refractivity contribution in [2.45, 2.75) is 19.6 Å². The van der Waals surface area contributed by atoms with Crippen molar-refractivity contribution in [3.05, 3.63) is 182 Å². The minimum absolute atomic E-state index is 0.795. The summed E-state index contributed by atoms with van der Waals surface area (Å²) in [5.74, 6) is 1.73. The van der Waals surface area contributed by atoms with Crippen molar-refractivity contribution in [2.24, 2.45) is 0 Å². The predicted octanol–water partition coefficient (Wildman–Crippen LogP) is 10.7. The number of anilines is 3. The molecule has 2 nitrogen and oxygen atoms in total. The fraction of sp³-hybridized carbons (Fsp3) is 0. The highest BCUT2D eigenvalue weighted by Crippen LogP contribution is 2.76. The van der Waals surface area contributed by atoms with E-state index in [1.807, 2.05) is 24.3 Å². The molecule has 4 heteroatoms. The second kappa shape index (κ2) is 11.1. The summed E-state index contributed by atoms with van der Waals surface area (Å²) in [6, 6.07) is 66.6. The zero-order valence-electron chi connectivity index (χ0n) is 25.0. The smallest absolute Gasteiger partial charge is 0.151 e. The van der Waals surface area contributed by atoms with Gasteiger partial charge in [0.1, 0.15) is 0 Å². The van der Waals surface area contributed by atoms with Gasteiger partial charge in [-0.1, -0.05) is 109 Å². The van der Waals surface area contributed by atoms with Crippen LogP contribution in [0, 0.1) is 0 Å². The molecule has 0 fully saturated rings. The molecule has 2 aliphatic rings. The Morgan fingerprint density at radius 2 is 0.848 bits per heavy atom. The van der Waals surface area contributed by atoms with Gasteiger partial charge in [-0.05, 0) is 96.6 Å². The molecule has 0 N–H and O–H groups in total. The van der Waals surface area contributed by atoms with Crippen LogP contribution in [-0.2, 0) is 0 Å². The van der Waals surface area contributed by atoms with E-state index < -0.39 is 17.9 Å². The molecule has 0 spiro atoms. The topological polar surface area (TPSA) is 12.5 Å². The van der Waals surface area contributed by atoms with Crippen molar-refractivity contribution in [2.75, 3.05) is 4.90 Å². The van der Waals surface area contributed by atoms with Gasteiger partial charge in [0.2, 0.25) is 0 Å². The molecule has 0 saturated carbocycles. The highest BCUT2D eigenvalue weighted by molar-refractivity contribution is 8.34. The Bertz CT molecular complexity index is 2070. The van der Waals surface area contributed by atoms with Gasteiger partial charge in [0.05, 0.1) is 11.4 Å². The second-order valence-electron chi connectivity index (χ2n) is 11.4. The minimum Gasteiger partial charge on any atom is -0.453 e. The minimum atomic E-state index is -1.71. The predicted molar refractivity (Wildman–Crippen MR) is 193 cm³/mol. The Labute approximate surface area is 272 Å². The summed E-state index contributed by atoms with van der Waals surface area (Å²) in [5, 5.41) is 4.23. The second-order valence-corrected chi connectivity index (χ2v) is 16.6. The van der Waals surface area contributed by atoms with E-state index in [1.54, 1.807) is 0 Å². The standard InChI is InChI=1S/C42H30NOPS/c1-3-15-33(16-4-1)46(34-17-5-2-6-18-34)41-25-13-11-23-39(41)45(40-24-12-14-26-42(40)46)32-29-27-31(28-30-32)43-35-19-7-9-21-37(35)44-38-22-10-8-20-36(38)43/h1-30H. The number of ether oxygens (including phenoxy) is 1. The van der Waals surface area contributed by atoms with Crippen molar-refractivity contribution in [3.63, 3.8) is 0 Å². The number of benzene rings is 7. The van der Waals surface area contributed by atoms with Gasteiger partial charge in [-0.25, -0.2) is 0 Å². The Kier molecular flexibility index (Phi) is 6.56. The zero-order chi connectivity index (χ0) is 30.5. The molecule has 220 valence electrons. The fourth-order valence-electron chi connectivity index (χ4n) is 6.95. The molecule has 46 heavy (non-hydrogen) atoms. The largest absolute Gasteiger partial charge is 0.453 e. The van der Waals surface area contributed by atoms with Gasteiger partial charge in [-0.2, -0.15) is 0 Å². The van der Waals surface area contributed by atoms with Crippen LogP contribution in [0.2, 0.25) is 0 Å². The average molecular weight is 628 g/mol. The molecule has 0 aliphatic carbocycles. The zero-order valence-corrected chi connectivity index (χ0v) is 26.7. The van der Waals surface area contributed by atoms with Crippen molar-refractivity contribution >= 4 is 50.9 Å². The van der Waals surface area contributed by atoms with Crippen molar-refractivity contribution in [3.8, 4) is 11.5 Å². The Morgan fingerprint density at radius 3 is 1.37 bits per heavy atom. The maximum Gasteiger partial charge on any atom is 0.151 e. The average Bonchev–Trinajstić information content (AvgIpc) is 3.14. The highest BCUT2D eigenvalue weighted by atomic mass is 32.3. The molecular formula is C42H30NOPS.